The van der Waals surface area contributed by atoms with E-state index in [-0.39, 0.29) is 28.4 Å². The molecule has 172 valence electrons. The summed E-state index contributed by atoms with van der Waals surface area (Å²) in [4.78, 5) is 64.3. The molecule has 0 fully saturated rings. The zero-order valence-corrected chi connectivity index (χ0v) is 19.2. The van der Waals surface area contributed by atoms with Gasteiger partial charge in [0.2, 0.25) is 11.7 Å². The normalized spacial score (nSPS) is 12.5. The van der Waals surface area contributed by atoms with E-state index in [2.05, 4.69) is 5.32 Å². The van der Waals surface area contributed by atoms with Gasteiger partial charge in [-0.25, -0.2) is 9.69 Å². The summed E-state index contributed by atoms with van der Waals surface area (Å²) in [5.41, 5.74) is 1.16. The molecule has 8 nitrogen and oxygen atoms in total. The maximum atomic E-state index is 13.0. The number of amides is 3. The van der Waals surface area contributed by atoms with Gasteiger partial charge in [-0.2, -0.15) is 0 Å². The van der Waals surface area contributed by atoms with Crippen LogP contribution in [0.2, 0.25) is 0 Å². The van der Waals surface area contributed by atoms with Gasteiger partial charge >= 0.3 is 5.97 Å². The molecule has 2 aromatic carbocycles. The number of thiophene rings is 1. The molecule has 0 saturated heterocycles. The maximum Gasteiger partial charge on any atom is 0.338 e. The van der Waals surface area contributed by atoms with Gasteiger partial charge in [0.25, 0.3) is 11.8 Å². The lowest BCUT2D eigenvalue weighted by molar-refractivity contribution is -0.114. The van der Waals surface area contributed by atoms with Crippen molar-refractivity contribution < 1.29 is 28.7 Å². The molecular formula is C25H20N2O6S. The van der Waals surface area contributed by atoms with Crippen LogP contribution in [0.3, 0.4) is 0 Å². The van der Waals surface area contributed by atoms with Crippen LogP contribution >= 0.6 is 11.3 Å². The van der Waals surface area contributed by atoms with Crippen molar-refractivity contribution in [1.29, 1.82) is 0 Å². The standard InChI is InChI=1S/C25H20N2O6S/c1-3-18-9-11-22(34-18)21(29)13-33-25(32)15-4-10-19-20(12-15)24(31)27(23(19)30)17-7-5-16(6-8-17)26-14(2)28/h4-12H,3,13H2,1-2H3,(H,26,28). The summed E-state index contributed by atoms with van der Waals surface area (Å²) in [7, 11) is 0. The predicted molar refractivity (Wildman–Crippen MR) is 127 cm³/mol. The zero-order chi connectivity index (χ0) is 24.4. The number of hydrogen-bond acceptors (Lipinski definition) is 7. The Kier molecular flexibility index (Phi) is 6.38. The number of aryl methyl sites for hydroxylation is 1. The van der Waals surface area contributed by atoms with Crippen LogP contribution in [0.15, 0.2) is 54.6 Å². The van der Waals surface area contributed by atoms with Crippen molar-refractivity contribution in [2.24, 2.45) is 0 Å². The van der Waals surface area contributed by atoms with E-state index < -0.39 is 24.4 Å². The second-order valence-corrected chi connectivity index (χ2v) is 8.72. The number of fused-ring (bicyclic) bond motifs is 1. The Bertz CT molecular complexity index is 1330. The highest BCUT2D eigenvalue weighted by molar-refractivity contribution is 7.14. The summed E-state index contributed by atoms with van der Waals surface area (Å²) in [6.07, 6.45) is 0.816. The molecule has 34 heavy (non-hydrogen) atoms. The fraction of sp³-hybridized carbons (Fsp3) is 0.160. The molecule has 0 aliphatic carbocycles. The van der Waals surface area contributed by atoms with E-state index in [1.807, 2.05) is 13.0 Å². The number of imide groups is 1. The Balaban J connectivity index is 1.47. The topological polar surface area (TPSA) is 110 Å². The lowest BCUT2D eigenvalue weighted by atomic mass is 10.1. The number of benzene rings is 2. The first-order valence-corrected chi connectivity index (χ1v) is 11.3. The molecule has 0 unspecified atom stereocenters. The fourth-order valence-corrected chi connectivity index (χ4v) is 4.37. The Morgan fingerprint density at radius 1 is 0.941 bits per heavy atom. The van der Waals surface area contributed by atoms with E-state index in [4.69, 9.17) is 4.74 Å². The number of hydrogen-bond donors (Lipinski definition) is 1. The number of rotatable bonds is 7. The summed E-state index contributed by atoms with van der Waals surface area (Å²) in [6, 6.07) is 13.9. The van der Waals surface area contributed by atoms with Crippen LogP contribution in [0.25, 0.3) is 0 Å². The van der Waals surface area contributed by atoms with Crippen LogP contribution in [0.4, 0.5) is 11.4 Å². The number of anilines is 2. The number of ketones is 1. The number of carbonyl (C=O) groups excluding carboxylic acids is 5. The minimum absolute atomic E-state index is 0.0657. The maximum absolute atomic E-state index is 13.0. The molecule has 9 heteroatoms. The molecule has 1 N–H and O–H groups in total. The fourth-order valence-electron chi connectivity index (χ4n) is 3.50. The number of Topliss-reactive ketones (excluding diaryl/α,β-unsaturated/α-hetero) is 1. The molecular weight excluding hydrogens is 456 g/mol. The van der Waals surface area contributed by atoms with Crippen LogP contribution < -0.4 is 10.2 Å². The first-order valence-electron chi connectivity index (χ1n) is 10.5. The van der Waals surface area contributed by atoms with Crippen molar-refractivity contribution in [3.05, 3.63) is 81.0 Å². The summed E-state index contributed by atoms with van der Waals surface area (Å²) in [5, 5.41) is 2.61. The third-order valence-electron chi connectivity index (χ3n) is 5.19. The molecule has 0 radical (unpaired) electrons. The van der Waals surface area contributed by atoms with E-state index in [1.54, 1.807) is 30.3 Å². The number of carbonyl (C=O) groups is 5. The Hall–Kier alpha value is -4.11. The second kappa shape index (κ2) is 9.40. The van der Waals surface area contributed by atoms with E-state index in [1.165, 1.54) is 36.5 Å². The van der Waals surface area contributed by atoms with E-state index in [0.717, 1.165) is 16.2 Å². The van der Waals surface area contributed by atoms with Crippen LogP contribution in [0, 0.1) is 0 Å². The smallest absolute Gasteiger partial charge is 0.338 e. The van der Waals surface area contributed by atoms with Gasteiger partial charge in [0.05, 0.1) is 27.3 Å². The minimum atomic E-state index is -0.762. The molecule has 3 amide bonds. The average molecular weight is 477 g/mol. The number of nitrogens with zero attached hydrogens (tertiary/aromatic N) is 1. The first kappa shape index (κ1) is 23.1. The quantitative estimate of drug-likeness (QED) is 0.312. The predicted octanol–water partition coefficient (Wildman–Crippen LogP) is 4.11. The van der Waals surface area contributed by atoms with Crippen molar-refractivity contribution in [3.8, 4) is 0 Å². The van der Waals surface area contributed by atoms with E-state index >= 15 is 0 Å². The van der Waals surface area contributed by atoms with E-state index in [0.29, 0.717) is 16.3 Å². The molecule has 0 atom stereocenters. The van der Waals surface area contributed by atoms with Crippen LogP contribution in [0.5, 0.6) is 0 Å². The van der Waals surface area contributed by atoms with Gasteiger partial charge in [-0.3, -0.25) is 19.2 Å². The minimum Gasteiger partial charge on any atom is -0.454 e. The molecule has 0 saturated carbocycles. The van der Waals surface area contributed by atoms with Gasteiger partial charge in [0.1, 0.15) is 0 Å². The molecule has 3 aromatic rings. The van der Waals surface area contributed by atoms with Crippen molar-refractivity contribution in [1.82, 2.24) is 0 Å². The number of nitrogens with one attached hydrogen (secondary N) is 1. The van der Waals surface area contributed by atoms with E-state index in [9.17, 15) is 24.0 Å². The SMILES string of the molecule is CCc1ccc(C(=O)COC(=O)c2ccc3c(c2)C(=O)N(c2ccc(NC(C)=O)cc2)C3=O)s1. The van der Waals surface area contributed by atoms with Gasteiger partial charge in [0.15, 0.2) is 6.61 Å². The largest absolute Gasteiger partial charge is 0.454 e. The van der Waals surface area contributed by atoms with Gasteiger partial charge in [-0.1, -0.05) is 6.92 Å². The third-order valence-corrected chi connectivity index (χ3v) is 6.46. The van der Waals surface area contributed by atoms with Gasteiger partial charge in [0, 0.05) is 17.5 Å². The summed E-state index contributed by atoms with van der Waals surface area (Å²) in [5.74, 6) is -2.41. The van der Waals surface area contributed by atoms with Gasteiger partial charge in [-0.15, -0.1) is 11.3 Å². The average Bonchev–Trinajstić information content (AvgIpc) is 3.40. The summed E-state index contributed by atoms with van der Waals surface area (Å²) < 4.78 is 5.14. The van der Waals surface area contributed by atoms with Crippen LogP contribution in [-0.4, -0.2) is 36.1 Å². The molecule has 2 heterocycles. The molecule has 1 aromatic heterocycles. The number of esters is 1. The third kappa shape index (κ3) is 4.51. The molecule has 1 aliphatic rings. The Morgan fingerprint density at radius 3 is 2.29 bits per heavy atom. The van der Waals surface area contributed by atoms with Crippen molar-refractivity contribution in [3.63, 3.8) is 0 Å². The Morgan fingerprint density at radius 2 is 1.65 bits per heavy atom. The molecule has 4 rings (SSSR count). The number of ether oxygens (including phenoxy) is 1. The lowest BCUT2D eigenvalue weighted by Gasteiger charge is -2.14. The lowest BCUT2D eigenvalue weighted by Crippen LogP contribution is -2.29. The highest BCUT2D eigenvalue weighted by Crippen LogP contribution is 2.30. The second-order valence-electron chi connectivity index (χ2n) is 7.55. The molecule has 0 spiro atoms. The van der Waals surface area contributed by atoms with Crippen LogP contribution in [-0.2, 0) is 16.0 Å². The van der Waals surface area contributed by atoms with Gasteiger partial charge < -0.3 is 10.1 Å². The first-order chi connectivity index (χ1) is 16.3. The monoisotopic (exact) mass is 476 g/mol. The molecule has 0 bridgehead atoms. The summed E-state index contributed by atoms with van der Waals surface area (Å²) >= 11 is 1.36. The molecule has 1 aliphatic heterocycles. The van der Waals surface area contributed by atoms with Crippen molar-refractivity contribution in [2.45, 2.75) is 20.3 Å². The van der Waals surface area contributed by atoms with Crippen LogP contribution in [0.1, 0.15) is 59.5 Å². The van der Waals surface area contributed by atoms with Gasteiger partial charge in [-0.05, 0) is 61.0 Å². The van der Waals surface area contributed by atoms with Crippen molar-refractivity contribution in [2.75, 3.05) is 16.8 Å². The highest BCUT2D eigenvalue weighted by atomic mass is 32.1. The summed E-state index contributed by atoms with van der Waals surface area (Å²) in [6.45, 7) is 2.95. The Labute approximate surface area is 199 Å². The zero-order valence-electron chi connectivity index (χ0n) is 18.4. The van der Waals surface area contributed by atoms with Crippen molar-refractivity contribution >= 4 is 52.2 Å². The highest BCUT2D eigenvalue weighted by Gasteiger charge is 2.37.